The average Bonchev–Trinajstić information content (AvgIpc) is 2.69. The zero-order valence-corrected chi connectivity index (χ0v) is 17.1. The molecule has 0 aliphatic heterocycles. The van der Waals surface area contributed by atoms with Crippen LogP contribution in [-0.2, 0) is 4.74 Å². The Morgan fingerprint density at radius 1 is 1.19 bits per heavy atom. The molecule has 3 nitrogen and oxygen atoms in total. The van der Waals surface area contributed by atoms with Gasteiger partial charge in [0.05, 0.1) is 5.56 Å². The summed E-state index contributed by atoms with van der Waals surface area (Å²) >= 11 is 0. The van der Waals surface area contributed by atoms with Crippen molar-refractivity contribution in [3.63, 3.8) is 0 Å². The molecule has 0 radical (unpaired) electrons. The summed E-state index contributed by atoms with van der Waals surface area (Å²) < 4.78 is 6.02. The van der Waals surface area contributed by atoms with Crippen molar-refractivity contribution in [1.29, 1.82) is 0 Å². The van der Waals surface area contributed by atoms with Gasteiger partial charge in [0, 0.05) is 6.61 Å². The van der Waals surface area contributed by atoms with Gasteiger partial charge in [0.2, 0.25) is 0 Å². The summed E-state index contributed by atoms with van der Waals surface area (Å²) in [4.78, 5) is 12.6. The molecule has 2 saturated carbocycles. The maximum absolute atomic E-state index is 12.6. The summed E-state index contributed by atoms with van der Waals surface area (Å²) in [6.07, 6.45) is 5.21. The highest BCUT2D eigenvalue weighted by atomic mass is 16.5. The van der Waals surface area contributed by atoms with E-state index in [2.05, 4.69) is 33.8 Å². The molecule has 1 N–H and O–H groups in total. The Balaban J connectivity index is 1.83. The Bertz CT molecular complexity index is 665. The minimum absolute atomic E-state index is 0.0396. The van der Waals surface area contributed by atoms with Gasteiger partial charge in [0.1, 0.15) is 6.10 Å². The van der Waals surface area contributed by atoms with Crippen LogP contribution in [0, 0.1) is 35.5 Å². The molecule has 1 aromatic carbocycles. The van der Waals surface area contributed by atoms with E-state index in [0.717, 1.165) is 19.3 Å². The first kappa shape index (κ1) is 20.1. The van der Waals surface area contributed by atoms with Gasteiger partial charge in [-0.3, -0.25) is 0 Å². The standard InChI is InChI=1S/C24H34O3/c1-5-15(2)22-17(4)13-19-21(12-11-16(3)23(19)20(22)14-25)27-24(26)18-9-7-6-8-10-18/h5-10,16-17,19-23,25H,11-14H2,1-4H3/t16-,17-,19-,20+,21-,22?,23+/m0/s1. The van der Waals surface area contributed by atoms with E-state index < -0.39 is 0 Å². The molecule has 1 aromatic rings. The number of aliphatic hydroxyl groups is 1. The van der Waals surface area contributed by atoms with Crippen LogP contribution in [0.4, 0.5) is 0 Å². The monoisotopic (exact) mass is 370 g/mol. The van der Waals surface area contributed by atoms with Gasteiger partial charge < -0.3 is 9.84 Å². The number of ether oxygens (including phenoxy) is 1. The zero-order valence-electron chi connectivity index (χ0n) is 17.1. The number of fused-ring (bicyclic) bond motifs is 1. The lowest BCUT2D eigenvalue weighted by molar-refractivity contribution is -0.0933. The number of allylic oxidation sites excluding steroid dienone is 2. The predicted octanol–water partition coefficient (Wildman–Crippen LogP) is 5.11. The number of rotatable bonds is 4. The zero-order chi connectivity index (χ0) is 19.6. The van der Waals surface area contributed by atoms with E-state index in [1.54, 1.807) is 0 Å². The van der Waals surface area contributed by atoms with E-state index in [9.17, 15) is 9.90 Å². The second-order valence-electron chi connectivity index (χ2n) is 8.72. The Labute approximate surface area is 163 Å². The van der Waals surface area contributed by atoms with Gasteiger partial charge in [0.25, 0.3) is 0 Å². The average molecular weight is 371 g/mol. The van der Waals surface area contributed by atoms with Crippen LogP contribution < -0.4 is 0 Å². The smallest absolute Gasteiger partial charge is 0.338 e. The molecule has 0 heterocycles. The van der Waals surface area contributed by atoms with E-state index in [-0.39, 0.29) is 24.6 Å². The summed E-state index contributed by atoms with van der Waals surface area (Å²) in [6, 6.07) is 9.29. The van der Waals surface area contributed by atoms with Crippen LogP contribution in [0.1, 0.15) is 57.3 Å². The molecule has 0 saturated heterocycles. The van der Waals surface area contributed by atoms with Crippen molar-refractivity contribution in [1.82, 2.24) is 0 Å². The van der Waals surface area contributed by atoms with Crippen LogP contribution >= 0.6 is 0 Å². The first-order valence-electron chi connectivity index (χ1n) is 10.5. The topological polar surface area (TPSA) is 46.5 Å². The molecule has 27 heavy (non-hydrogen) atoms. The molecule has 0 bridgehead atoms. The molecule has 1 unspecified atom stereocenters. The molecule has 0 spiro atoms. The third-order valence-corrected chi connectivity index (χ3v) is 7.21. The van der Waals surface area contributed by atoms with Crippen LogP contribution in [0.15, 0.2) is 42.0 Å². The lowest BCUT2D eigenvalue weighted by Gasteiger charge is -2.53. The number of esters is 1. The summed E-state index contributed by atoms with van der Waals surface area (Å²) in [5.41, 5.74) is 2.01. The molecule has 3 rings (SSSR count). The summed E-state index contributed by atoms with van der Waals surface area (Å²) in [5.74, 6) is 2.26. The number of benzene rings is 1. The SMILES string of the molecule is CC=C(C)C1[C@@H](CO)[C@H]2[C@@H](C[C@@H]1C)[C@@H](OC(=O)c1ccccc1)CC[C@@H]2C. The number of hydrogen-bond acceptors (Lipinski definition) is 3. The fourth-order valence-electron chi connectivity index (χ4n) is 5.93. The largest absolute Gasteiger partial charge is 0.458 e. The molecular formula is C24H34O3. The number of hydrogen-bond donors (Lipinski definition) is 1. The third-order valence-electron chi connectivity index (χ3n) is 7.21. The molecule has 7 atom stereocenters. The van der Waals surface area contributed by atoms with Crippen molar-refractivity contribution in [3.8, 4) is 0 Å². The second kappa shape index (κ2) is 8.60. The first-order valence-corrected chi connectivity index (χ1v) is 10.5. The second-order valence-corrected chi connectivity index (χ2v) is 8.72. The number of carbonyl (C=O) groups is 1. The Hall–Kier alpha value is -1.61. The first-order chi connectivity index (χ1) is 13.0. The van der Waals surface area contributed by atoms with Crippen LogP contribution in [0.5, 0.6) is 0 Å². The minimum Gasteiger partial charge on any atom is -0.458 e. The highest BCUT2D eigenvalue weighted by Gasteiger charge is 2.50. The number of carbonyl (C=O) groups excluding carboxylic acids is 1. The van der Waals surface area contributed by atoms with Gasteiger partial charge in [0.15, 0.2) is 0 Å². The van der Waals surface area contributed by atoms with Crippen molar-refractivity contribution < 1.29 is 14.6 Å². The molecule has 2 aliphatic rings. The Morgan fingerprint density at radius 3 is 2.52 bits per heavy atom. The molecule has 2 fully saturated rings. The maximum Gasteiger partial charge on any atom is 0.338 e. The highest BCUT2D eigenvalue weighted by molar-refractivity contribution is 5.89. The fraction of sp³-hybridized carbons (Fsp3) is 0.625. The summed E-state index contributed by atoms with van der Waals surface area (Å²) in [5, 5.41) is 10.3. The maximum atomic E-state index is 12.6. The van der Waals surface area contributed by atoms with E-state index >= 15 is 0 Å². The van der Waals surface area contributed by atoms with Crippen LogP contribution in [0.25, 0.3) is 0 Å². The summed E-state index contributed by atoms with van der Waals surface area (Å²) in [7, 11) is 0. The third kappa shape index (κ3) is 3.99. The van der Waals surface area contributed by atoms with Crippen LogP contribution in [-0.4, -0.2) is 23.8 Å². The quantitative estimate of drug-likeness (QED) is 0.592. The van der Waals surface area contributed by atoms with Crippen molar-refractivity contribution in [2.24, 2.45) is 35.5 Å². The van der Waals surface area contributed by atoms with E-state index in [0.29, 0.717) is 35.2 Å². The van der Waals surface area contributed by atoms with Gasteiger partial charge in [-0.05, 0) is 80.8 Å². The Kier molecular flexibility index (Phi) is 6.41. The summed E-state index contributed by atoms with van der Waals surface area (Å²) in [6.45, 7) is 9.12. The van der Waals surface area contributed by atoms with E-state index in [1.165, 1.54) is 5.57 Å². The van der Waals surface area contributed by atoms with E-state index in [1.807, 2.05) is 30.3 Å². The van der Waals surface area contributed by atoms with Crippen molar-refractivity contribution >= 4 is 5.97 Å². The van der Waals surface area contributed by atoms with Crippen LogP contribution in [0.2, 0.25) is 0 Å². The van der Waals surface area contributed by atoms with E-state index in [4.69, 9.17) is 4.74 Å². The molecular weight excluding hydrogens is 336 g/mol. The van der Waals surface area contributed by atoms with Crippen molar-refractivity contribution in [3.05, 3.63) is 47.5 Å². The van der Waals surface area contributed by atoms with Crippen LogP contribution in [0.3, 0.4) is 0 Å². The Morgan fingerprint density at radius 2 is 1.89 bits per heavy atom. The van der Waals surface area contributed by atoms with Crippen molar-refractivity contribution in [2.75, 3.05) is 6.61 Å². The molecule has 3 heteroatoms. The van der Waals surface area contributed by atoms with Gasteiger partial charge in [-0.15, -0.1) is 0 Å². The highest BCUT2D eigenvalue weighted by Crippen LogP contribution is 2.53. The molecule has 0 amide bonds. The fourth-order valence-corrected chi connectivity index (χ4v) is 5.93. The van der Waals surface area contributed by atoms with Gasteiger partial charge in [-0.2, -0.15) is 0 Å². The lowest BCUT2D eigenvalue weighted by atomic mass is 9.53. The van der Waals surface area contributed by atoms with Gasteiger partial charge in [-0.1, -0.05) is 43.7 Å². The molecule has 2 aliphatic carbocycles. The molecule has 148 valence electrons. The van der Waals surface area contributed by atoms with Gasteiger partial charge in [-0.25, -0.2) is 4.79 Å². The van der Waals surface area contributed by atoms with Gasteiger partial charge >= 0.3 is 5.97 Å². The number of aliphatic hydroxyl groups excluding tert-OH is 1. The predicted molar refractivity (Wildman–Crippen MR) is 108 cm³/mol. The minimum atomic E-state index is -0.214. The lowest BCUT2D eigenvalue weighted by Crippen LogP contribution is -2.51. The normalized spacial score (nSPS) is 36.8. The molecule has 0 aromatic heterocycles. The van der Waals surface area contributed by atoms with Crippen molar-refractivity contribution in [2.45, 2.75) is 53.1 Å².